The van der Waals surface area contributed by atoms with Gasteiger partial charge in [0.05, 0.1) is 6.04 Å². The minimum absolute atomic E-state index is 0.0912. The van der Waals surface area contributed by atoms with E-state index in [-0.39, 0.29) is 17.9 Å². The summed E-state index contributed by atoms with van der Waals surface area (Å²) in [7, 11) is 0. The van der Waals surface area contributed by atoms with Crippen molar-refractivity contribution in [2.75, 3.05) is 32.7 Å². The van der Waals surface area contributed by atoms with E-state index in [9.17, 15) is 4.79 Å². The topological polar surface area (TPSA) is 88.5 Å². The number of nitrogens with zero attached hydrogens (tertiary/aromatic N) is 4. The Morgan fingerprint density at radius 2 is 1.90 bits per heavy atom. The summed E-state index contributed by atoms with van der Waals surface area (Å²) in [5.74, 6) is 1.63. The second-order valence-electron chi connectivity index (χ2n) is 8.06. The first-order valence-electron chi connectivity index (χ1n) is 10.6. The molecule has 0 spiro atoms. The zero-order chi connectivity index (χ0) is 20.8. The number of rotatable bonds is 8. The molecule has 158 valence electrons. The molecule has 2 unspecified atom stereocenters. The standard InChI is InChI=1S/C22H33N5O2/c1-4-17(3)20(23)22(28)27-14-12-26(13-15-27)11-5-6-19-24-21(25-29-19)18-9-7-16(2)8-10-18/h7-10,17,20H,4-6,11-15,23H2,1-3H3. The van der Waals surface area contributed by atoms with Crippen molar-refractivity contribution in [2.45, 2.75) is 46.1 Å². The maximum absolute atomic E-state index is 12.5. The molecule has 7 nitrogen and oxygen atoms in total. The number of hydrogen-bond acceptors (Lipinski definition) is 6. The molecule has 1 saturated heterocycles. The lowest BCUT2D eigenvalue weighted by atomic mass is 9.98. The van der Waals surface area contributed by atoms with E-state index in [4.69, 9.17) is 10.3 Å². The molecule has 0 aliphatic carbocycles. The van der Waals surface area contributed by atoms with Gasteiger partial charge in [0.2, 0.25) is 17.6 Å². The van der Waals surface area contributed by atoms with Gasteiger partial charge < -0.3 is 15.2 Å². The molecular formula is C22H33N5O2. The van der Waals surface area contributed by atoms with Crippen LogP contribution >= 0.6 is 0 Å². The van der Waals surface area contributed by atoms with E-state index in [1.165, 1.54) is 5.56 Å². The van der Waals surface area contributed by atoms with Crippen molar-refractivity contribution < 1.29 is 9.32 Å². The molecule has 1 aliphatic rings. The Morgan fingerprint density at radius 1 is 1.21 bits per heavy atom. The molecule has 29 heavy (non-hydrogen) atoms. The summed E-state index contributed by atoms with van der Waals surface area (Å²) in [6.07, 6.45) is 2.64. The lowest BCUT2D eigenvalue weighted by molar-refractivity contribution is -0.135. The third kappa shape index (κ3) is 5.64. The molecule has 2 N–H and O–H groups in total. The maximum atomic E-state index is 12.5. The number of carbonyl (C=O) groups excluding carboxylic acids is 1. The average Bonchev–Trinajstić information content (AvgIpc) is 3.22. The van der Waals surface area contributed by atoms with Gasteiger partial charge in [0.15, 0.2) is 0 Å². The van der Waals surface area contributed by atoms with Gasteiger partial charge in [-0.2, -0.15) is 4.98 Å². The number of aromatic nitrogens is 2. The predicted molar refractivity (Wildman–Crippen MR) is 113 cm³/mol. The van der Waals surface area contributed by atoms with Crippen molar-refractivity contribution in [3.8, 4) is 11.4 Å². The van der Waals surface area contributed by atoms with Gasteiger partial charge in [-0.05, 0) is 25.8 Å². The summed E-state index contributed by atoms with van der Waals surface area (Å²) in [5, 5.41) is 4.09. The van der Waals surface area contributed by atoms with Crippen LogP contribution in [0.3, 0.4) is 0 Å². The maximum Gasteiger partial charge on any atom is 0.239 e. The quantitative estimate of drug-likeness (QED) is 0.734. The van der Waals surface area contributed by atoms with Crippen LogP contribution in [-0.4, -0.2) is 64.6 Å². The molecule has 1 amide bonds. The van der Waals surface area contributed by atoms with E-state index < -0.39 is 0 Å². The smallest absolute Gasteiger partial charge is 0.239 e. The highest BCUT2D eigenvalue weighted by Gasteiger charge is 2.27. The Kier molecular flexibility index (Phi) is 7.39. The van der Waals surface area contributed by atoms with Crippen molar-refractivity contribution in [2.24, 2.45) is 11.7 Å². The lowest BCUT2D eigenvalue weighted by Crippen LogP contribution is -2.54. The minimum Gasteiger partial charge on any atom is -0.339 e. The highest BCUT2D eigenvalue weighted by Crippen LogP contribution is 2.17. The molecule has 2 atom stereocenters. The van der Waals surface area contributed by atoms with Crippen LogP contribution in [0.15, 0.2) is 28.8 Å². The Hall–Kier alpha value is -2.25. The Labute approximate surface area is 173 Å². The summed E-state index contributed by atoms with van der Waals surface area (Å²) in [6.45, 7) is 10.4. The number of amides is 1. The molecule has 1 fully saturated rings. The van der Waals surface area contributed by atoms with E-state index in [2.05, 4.69) is 28.9 Å². The van der Waals surface area contributed by atoms with Crippen LogP contribution < -0.4 is 5.73 Å². The Balaban J connectivity index is 1.40. The molecule has 3 rings (SSSR count). The fourth-order valence-electron chi connectivity index (χ4n) is 3.53. The minimum atomic E-state index is -0.383. The normalized spacial score (nSPS) is 17.3. The molecule has 1 aromatic heterocycles. The van der Waals surface area contributed by atoms with Crippen LogP contribution in [0.5, 0.6) is 0 Å². The van der Waals surface area contributed by atoms with Crippen LogP contribution in [0.25, 0.3) is 11.4 Å². The average molecular weight is 400 g/mol. The van der Waals surface area contributed by atoms with Crippen molar-refractivity contribution in [1.29, 1.82) is 0 Å². The summed E-state index contributed by atoms with van der Waals surface area (Å²) < 4.78 is 5.40. The van der Waals surface area contributed by atoms with Gasteiger partial charge >= 0.3 is 0 Å². The molecule has 2 heterocycles. The molecular weight excluding hydrogens is 366 g/mol. The summed E-state index contributed by atoms with van der Waals surface area (Å²) in [4.78, 5) is 21.3. The fraction of sp³-hybridized carbons (Fsp3) is 0.591. The van der Waals surface area contributed by atoms with Gasteiger partial charge in [0, 0.05) is 38.2 Å². The SMILES string of the molecule is CCC(C)C(N)C(=O)N1CCN(CCCc2nc(-c3ccc(C)cc3)no2)CC1. The largest absolute Gasteiger partial charge is 0.339 e. The van der Waals surface area contributed by atoms with Gasteiger partial charge in [0.1, 0.15) is 0 Å². The highest BCUT2D eigenvalue weighted by atomic mass is 16.5. The van der Waals surface area contributed by atoms with Crippen molar-refractivity contribution >= 4 is 5.91 Å². The van der Waals surface area contributed by atoms with Gasteiger partial charge in [0.25, 0.3) is 0 Å². The molecule has 0 saturated carbocycles. The van der Waals surface area contributed by atoms with Crippen LogP contribution in [0.4, 0.5) is 0 Å². The third-order valence-corrected chi connectivity index (χ3v) is 5.87. The van der Waals surface area contributed by atoms with Crippen LogP contribution in [0.2, 0.25) is 0 Å². The van der Waals surface area contributed by atoms with Crippen LogP contribution in [-0.2, 0) is 11.2 Å². The van der Waals surface area contributed by atoms with Crippen molar-refractivity contribution in [3.05, 3.63) is 35.7 Å². The number of aryl methyl sites for hydroxylation is 2. The van der Waals surface area contributed by atoms with Gasteiger partial charge in [-0.1, -0.05) is 55.3 Å². The van der Waals surface area contributed by atoms with Crippen molar-refractivity contribution in [3.63, 3.8) is 0 Å². The van der Waals surface area contributed by atoms with Gasteiger partial charge in [-0.15, -0.1) is 0 Å². The Morgan fingerprint density at radius 3 is 2.55 bits per heavy atom. The van der Waals surface area contributed by atoms with Gasteiger partial charge in [-0.25, -0.2) is 0 Å². The van der Waals surface area contributed by atoms with E-state index in [0.29, 0.717) is 11.7 Å². The number of benzene rings is 1. The monoisotopic (exact) mass is 399 g/mol. The molecule has 1 aromatic carbocycles. The van der Waals surface area contributed by atoms with Crippen LogP contribution in [0, 0.1) is 12.8 Å². The summed E-state index contributed by atoms with van der Waals surface area (Å²) in [5.41, 5.74) is 8.29. The number of nitrogens with two attached hydrogens (primary N) is 1. The first kappa shape index (κ1) is 21.5. The summed E-state index contributed by atoms with van der Waals surface area (Å²) in [6, 6.07) is 7.74. The van der Waals surface area contributed by atoms with E-state index in [1.807, 2.05) is 36.1 Å². The van der Waals surface area contributed by atoms with E-state index in [0.717, 1.165) is 57.5 Å². The summed E-state index contributed by atoms with van der Waals surface area (Å²) >= 11 is 0. The van der Waals surface area contributed by atoms with E-state index >= 15 is 0 Å². The molecule has 0 bridgehead atoms. The van der Waals surface area contributed by atoms with Gasteiger partial charge in [-0.3, -0.25) is 9.69 Å². The number of carbonyl (C=O) groups is 1. The second-order valence-corrected chi connectivity index (χ2v) is 8.06. The lowest BCUT2D eigenvalue weighted by Gasteiger charge is -2.36. The molecule has 1 aliphatic heterocycles. The number of piperazine rings is 1. The highest BCUT2D eigenvalue weighted by molar-refractivity contribution is 5.82. The zero-order valence-electron chi connectivity index (χ0n) is 17.8. The second kappa shape index (κ2) is 9.98. The molecule has 2 aromatic rings. The fourth-order valence-corrected chi connectivity index (χ4v) is 3.53. The van der Waals surface area contributed by atoms with Crippen LogP contribution in [0.1, 0.15) is 38.1 Å². The predicted octanol–water partition coefficient (Wildman–Crippen LogP) is 2.50. The van der Waals surface area contributed by atoms with Crippen molar-refractivity contribution in [1.82, 2.24) is 19.9 Å². The number of hydrogen-bond donors (Lipinski definition) is 1. The third-order valence-electron chi connectivity index (χ3n) is 5.87. The first-order chi connectivity index (χ1) is 14.0. The molecule has 7 heteroatoms. The zero-order valence-corrected chi connectivity index (χ0v) is 17.8. The first-order valence-corrected chi connectivity index (χ1v) is 10.6. The molecule has 0 radical (unpaired) electrons. The Bertz CT molecular complexity index is 781. The van der Waals surface area contributed by atoms with E-state index in [1.54, 1.807) is 0 Å².